The Morgan fingerprint density at radius 2 is 2.27 bits per heavy atom. The van der Waals surface area contributed by atoms with Crippen molar-refractivity contribution < 1.29 is 9.90 Å². The first-order valence-corrected chi connectivity index (χ1v) is 4.17. The molecule has 0 aromatic carbocycles. The van der Waals surface area contributed by atoms with Gasteiger partial charge < -0.3 is 10.8 Å². The fourth-order valence-corrected chi connectivity index (χ4v) is 1.39. The molecule has 1 aliphatic carbocycles. The molecule has 1 fully saturated rings. The van der Waals surface area contributed by atoms with Crippen LogP contribution in [0.15, 0.2) is 0 Å². The Morgan fingerprint density at radius 3 is 2.64 bits per heavy atom. The minimum atomic E-state index is -0.736. The lowest BCUT2D eigenvalue weighted by atomic mass is 9.78. The monoisotopic (exact) mass is 157 g/mol. The van der Waals surface area contributed by atoms with E-state index in [2.05, 4.69) is 0 Å². The van der Waals surface area contributed by atoms with Crippen molar-refractivity contribution in [1.82, 2.24) is 0 Å². The summed E-state index contributed by atoms with van der Waals surface area (Å²) in [6, 6.07) is 0.125. The lowest BCUT2D eigenvalue weighted by molar-refractivity contribution is -0.137. The van der Waals surface area contributed by atoms with Crippen molar-refractivity contribution >= 4 is 5.97 Å². The van der Waals surface area contributed by atoms with Crippen LogP contribution in [0.4, 0.5) is 0 Å². The molecule has 0 spiro atoms. The number of nitrogens with two attached hydrogens (primary N) is 1. The van der Waals surface area contributed by atoms with Crippen LogP contribution in [-0.4, -0.2) is 17.1 Å². The van der Waals surface area contributed by atoms with E-state index in [1.165, 1.54) is 19.3 Å². The molecule has 1 rings (SSSR count). The lowest BCUT2D eigenvalue weighted by Crippen LogP contribution is -2.34. The predicted octanol–water partition coefficient (Wildman–Crippen LogP) is 0.979. The fraction of sp³-hybridized carbons (Fsp3) is 0.875. The maximum absolute atomic E-state index is 10.2. The van der Waals surface area contributed by atoms with Gasteiger partial charge in [-0.15, -0.1) is 0 Å². The summed E-state index contributed by atoms with van der Waals surface area (Å²) in [5, 5.41) is 8.38. The number of hydrogen-bond acceptors (Lipinski definition) is 2. The Kier molecular flexibility index (Phi) is 2.88. The highest BCUT2D eigenvalue weighted by Crippen LogP contribution is 2.30. The largest absolute Gasteiger partial charge is 0.481 e. The molecule has 0 heterocycles. The van der Waals surface area contributed by atoms with Crippen LogP contribution in [0.5, 0.6) is 0 Å². The van der Waals surface area contributed by atoms with Gasteiger partial charge in [0.1, 0.15) is 0 Å². The van der Waals surface area contributed by atoms with Gasteiger partial charge in [-0.05, 0) is 25.2 Å². The Hall–Kier alpha value is -0.570. The van der Waals surface area contributed by atoms with Crippen LogP contribution in [-0.2, 0) is 4.79 Å². The Balaban J connectivity index is 2.09. The topological polar surface area (TPSA) is 63.3 Å². The maximum atomic E-state index is 10.2. The van der Waals surface area contributed by atoms with E-state index in [0.29, 0.717) is 12.3 Å². The normalized spacial score (nSPS) is 20.8. The minimum absolute atomic E-state index is 0.125. The third-order valence-corrected chi connectivity index (χ3v) is 2.45. The summed E-state index contributed by atoms with van der Waals surface area (Å²) < 4.78 is 0. The highest BCUT2D eigenvalue weighted by molar-refractivity contribution is 5.66. The van der Waals surface area contributed by atoms with Crippen LogP contribution < -0.4 is 5.73 Å². The van der Waals surface area contributed by atoms with Crippen molar-refractivity contribution in [2.24, 2.45) is 11.7 Å². The van der Waals surface area contributed by atoms with Gasteiger partial charge in [0.2, 0.25) is 0 Å². The molecular weight excluding hydrogens is 142 g/mol. The van der Waals surface area contributed by atoms with Crippen LogP contribution in [0.25, 0.3) is 0 Å². The number of hydrogen-bond donors (Lipinski definition) is 2. The SMILES string of the molecule is N[C@H](CCC(=O)O)C1CCC1. The zero-order chi connectivity index (χ0) is 8.27. The fourth-order valence-electron chi connectivity index (χ4n) is 1.39. The van der Waals surface area contributed by atoms with Crippen LogP contribution in [0, 0.1) is 5.92 Å². The van der Waals surface area contributed by atoms with Crippen LogP contribution in [0.2, 0.25) is 0 Å². The van der Waals surface area contributed by atoms with E-state index in [1.54, 1.807) is 0 Å². The first kappa shape index (κ1) is 8.53. The molecule has 0 aromatic rings. The molecule has 0 bridgehead atoms. The molecule has 0 saturated heterocycles. The molecular formula is C8H15NO2. The zero-order valence-corrected chi connectivity index (χ0v) is 6.62. The van der Waals surface area contributed by atoms with Gasteiger partial charge in [-0.25, -0.2) is 0 Å². The molecule has 11 heavy (non-hydrogen) atoms. The molecule has 0 aliphatic heterocycles. The molecule has 0 aromatic heterocycles. The number of aliphatic carboxylic acids is 1. The summed E-state index contributed by atoms with van der Waals surface area (Å²) in [5.41, 5.74) is 5.76. The first-order chi connectivity index (χ1) is 5.20. The van der Waals surface area contributed by atoms with Gasteiger partial charge in [-0.2, -0.15) is 0 Å². The molecule has 0 radical (unpaired) electrons. The highest BCUT2D eigenvalue weighted by atomic mass is 16.4. The van der Waals surface area contributed by atoms with E-state index in [1.807, 2.05) is 0 Å². The van der Waals surface area contributed by atoms with Gasteiger partial charge in [0.15, 0.2) is 0 Å². The van der Waals surface area contributed by atoms with E-state index in [9.17, 15) is 4.79 Å². The van der Waals surface area contributed by atoms with E-state index in [4.69, 9.17) is 10.8 Å². The van der Waals surface area contributed by atoms with Gasteiger partial charge in [0.25, 0.3) is 0 Å². The average molecular weight is 157 g/mol. The van der Waals surface area contributed by atoms with E-state index in [0.717, 1.165) is 0 Å². The van der Waals surface area contributed by atoms with Crippen molar-refractivity contribution in [2.45, 2.75) is 38.1 Å². The lowest BCUT2D eigenvalue weighted by Gasteiger charge is -2.30. The molecule has 1 aliphatic rings. The van der Waals surface area contributed by atoms with Crippen LogP contribution in [0.1, 0.15) is 32.1 Å². The summed E-state index contributed by atoms with van der Waals surface area (Å²) in [5.74, 6) is -0.130. The summed E-state index contributed by atoms with van der Waals surface area (Å²) >= 11 is 0. The maximum Gasteiger partial charge on any atom is 0.303 e. The van der Waals surface area contributed by atoms with Gasteiger partial charge >= 0.3 is 5.97 Å². The highest BCUT2D eigenvalue weighted by Gasteiger charge is 2.24. The van der Waals surface area contributed by atoms with Crippen molar-refractivity contribution in [1.29, 1.82) is 0 Å². The van der Waals surface area contributed by atoms with Crippen LogP contribution in [0.3, 0.4) is 0 Å². The predicted molar refractivity (Wildman–Crippen MR) is 42.2 cm³/mol. The smallest absolute Gasteiger partial charge is 0.303 e. The Bertz CT molecular complexity index is 143. The summed E-state index contributed by atoms with van der Waals surface area (Å²) in [7, 11) is 0. The third-order valence-electron chi connectivity index (χ3n) is 2.45. The van der Waals surface area contributed by atoms with Gasteiger partial charge in [-0.1, -0.05) is 6.42 Å². The average Bonchev–Trinajstić information content (AvgIpc) is 1.79. The summed E-state index contributed by atoms with van der Waals surface area (Å²) in [6.45, 7) is 0. The molecule has 0 amide bonds. The number of carbonyl (C=O) groups is 1. The molecule has 3 N–H and O–H groups in total. The van der Waals surface area contributed by atoms with Crippen molar-refractivity contribution in [3.05, 3.63) is 0 Å². The van der Waals surface area contributed by atoms with Gasteiger partial charge in [0, 0.05) is 12.5 Å². The standard InChI is InChI=1S/C8H15NO2/c9-7(4-5-8(10)11)6-2-1-3-6/h6-7H,1-5,9H2,(H,10,11)/t7-/m1/s1. The Morgan fingerprint density at radius 1 is 1.64 bits per heavy atom. The molecule has 0 unspecified atom stereocenters. The van der Waals surface area contributed by atoms with E-state index >= 15 is 0 Å². The molecule has 3 nitrogen and oxygen atoms in total. The number of carboxylic acids is 1. The summed E-state index contributed by atoms with van der Waals surface area (Å²) in [4.78, 5) is 10.2. The third kappa shape index (κ3) is 2.50. The molecule has 3 heteroatoms. The quantitative estimate of drug-likeness (QED) is 0.639. The second-order valence-corrected chi connectivity index (χ2v) is 3.29. The zero-order valence-electron chi connectivity index (χ0n) is 6.62. The number of rotatable bonds is 4. The van der Waals surface area contributed by atoms with E-state index in [-0.39, 0.29) is 12.5 Å². The van der Waals surface area contributed by atoms with Crippen molar-refractivity contribution in [2.75, 3.05) is 0 Å². The van der Waals surface area contributed by atoms with Gasteiger partial charge in [0.05, 0.1) is 0 Å². The van der Waals surface area contributed by atoms with Crippen molar-refractivity contribution in [3.63, 3.8) is 0 Å². The van der Waals surface area contributed by atoms with Crippen molar-refractivity contribution in [3.8, 4) is 0 Å². The number of carboxylic acid groups (broad SMARTS) is 1. The first-order valence-electron chi connectivity index (χ1n) is 4.17. The summed E-state index contributed by atoms with van der Waals surface area (Å²) in [6.07, 6.45) is 4.52. The second-order valence-electron chi connectivity index (χ2n) is 3.29. The molecule has 64 valence electrons. The minimum Gasteiger partial charge on any atom is -0.481 e. The molecule has 1 atom stereocenters. The van der Waals surface area contributed by atoms with E-state index < -0.39 is 5.97 Å². The Labute approximate surface area is 66.6 Å². The van der Waals surface area contributed by atoms with Crippen LogP contribution >= 0.6 is 0 Å². The second kappa shape index (κ2) is 3.72. The van der Waals surface area contributed by atoms with Gasteiger partial charge in [-0.3, -0.25) is 4.79 Å². The molecule has 1 saturated carbocycles.